The molecule has 1 N–H and O–H groups in total. The molecule has 0 saturated heterocycles. The average molecular weight is 447 g/mol. The van der Waals surface area contributed by atoms with Gasteiger partial charge in [0.25, 0.3) is 15.6 Å². The van der Waals surface area contributed by atoms with Crippen molar-refractivity contribution in [3.05, 3.63) is 113 Å². The van der Waals surface area contributed by atoms with Gasteiger partial charge in [-0.3, -0.25) is 9.48 Å². The van der Waals surface area contributed by atoms with Crippen LogP contribution in [0.3, 0.4) is 0 Å². The molecule has 32 heavy (non-hydrogen) atoms. The minimum absolute atomic E-state index is 0.0699. The molecule has 162 valence electrons. The quantitative estimate of drug-likeness (QED) is 0.374. The van der Waals surface area contributed by atoms with E-state index >= 15 is 0 Å². The Morgan fingerprint density at radius 1 is 0.844 bits per heavy atom. The Hall–Kier alpha value is -3.91. The lowest BCUT2D eigenvalue weighted by Gasteiger charge is -2.10. The van der Waals surface area contributed by atoms with Crippen molar-refractivity contribution in [3.63, 3.8) is 0 Å². The normalized spacial score (nSPS) is 12.0. The van der Waals surface area contributed by atoms with Gasteiger partial charge < -0.3 is 5.32 Å². The summed E-state index contributed by atoms with van der Waals surface area (Å²) < 4.78 is 33.2. The maximum Gasteiger partial charge on any atom is 0.295 e. The van der Waals surface area contributed by atoms with Crippen molar-refractivity contribution >= 4 is 21.5 Å². The van der Waals surface area contributed by atoms with Crippen LogP contribution in [0.5, 0.6) is 0 Å². The summed E-state index contributed by atoms with van der Waals surface area (Å²) in [6.07, 6.45) is 0. The van der Waals surface area contributed by atoms with E-state index in [9.17, 15) is 13.2 Å². The van der Waals surface area contributed by atoms with Gasteiger partial charge in [0, 0.05) is 12.6 Å². The topological polar surface area (TPSA) is 85.5 Å². The third kappa shape index (κ3) is 4.13. The molecule has 7 nitrogen and oxygen atoms in total. The van der Waals surface area contributed by atoms with Crippen LogP contribution >= 0.6 is 0 Å². The molecule has 1 aromatic heterocycles. The van der Waals surface area contributed by atoms with Crippen LogP contribution in [-0.4, -0.2) is 23.6 Å². The second-order valence-corrected chi connectivity index (χ2v) is 8.76. The summed E-state index contributed by atoms with van der Waals surface area (Å²) in [5.74, 6) is 0.0699. The first-order valence-corrected chi connectivity index (χ1v) is 11.4. The molecule has 0 spiro atoms. The lowest BCUT2D eigenvalue weighted by Crippen LogP contribution is -2.24. The number of hydrogen-bond acceptors (Lipinski definition) is 3. The minimum Gasteiger partial charge on any atom is -0.333 e. The van der Waals surface area contributed by atoms with E-state index in [1.807, 2.05) is 36.4 Å². The zero-order chi connectivity index (χ0) is 22.7. The highest BCUT2D eigenvalue weighted by Crippen LogP contribution is 2.18. The molecule has 0 bridgehead atoms. The van der Waals surface area contributed by atoms with E-state index in [-0.39, 0.29) is 22.0 Å². The number of anilines is 1. The molecule has 0 fully saturated rings. The Balaban J connectivity index is 1.85. The van der Waals surface area contributed by atoms with Gasteiger partial charge in [0.1, 0.15) is 5.69 Å². The van der Waals surface area contributed by atoms with Crippen molar-refractivity contribution in [2.24, 2.45) is 11.4 Å². The van der Waals surface area contributed by atoms with Gasteiger partial charge >= 0.3 is 0 Å². The largest absolute Gasteiger partial charge is 0.333 e. The van der Waals surface area contributed by atoms with E-state index in [1.165, 1.54) is 16.8 Å². The van der Waals surface area contributed by atoms with Crippen molar-refractivity contribution in [3.8, 4) is 5.69 Å². The number of sulfonamides is 1. The Morgan fingerprint density at radius 2 is 1.38 bits per heavy atom. The molecule has 0 aliphatic carbocycles. The van der Waals surface area contributed by atoms with Crippen LogP contribution in [0.2, 0.25) is 0 Å². The third-order valence-electron chi connectivity index (χ3n) is 5.10. The Labute approximate surface area is 186 Å². The Kier molecular flexibility index (Phi) is 5.79. The molecule has 4 aromatic rings. The molecular formula is C24H22N4O3S. The molecule has 0 aliphatic rings. The number of aromatic nitrogens is 2. The summed E-state index contributed by atoms with van der Waals surface area (Å²) in [7, 11) is -2.23. The number of rotatable bonds is 5. The van der Waals surface area contributed by atoms with Crippen molar-refractivity contribution in [2.45, 2.75) is 11.8 Å². The summed E-state index contributed by atoms with van der Waals surface area (Å²) in [4.78, 5) is 13.4. The zero-order valence-electron chi connectivity index (χ0n) is 17.6. The van der Waals surface area contributed by atoms with E-state index < -0.39 is 10.0 Å². The molecule has 0 atom stereocenters. The van der Waals surface area contributed by atoms with Crippen LogP contribution in [0, 0.1) is 6.92 Å². The van der Waals surface area contributed by atoms with Gasteiger partial charge in [-0.05, 0) is 31.2 Å². The highest BCUT2D eigenvalue weighted by Gasteiger charge is 2.20. The van der Waals surface area contributed by atoms with Crippen LogP contribution in [0.1, 0.15) is 11.3 Å². The molecule has 3 aromatic carbocycles. The van der Waals surface area contributed by atoms with Crippen molar-refractivity contribution < 1.29 is 8.42 Å². The minimum atomic E-state index is -4.00. The van der Waals surface area contributed by atoms with Gasteiger partial charge in [0.05, 0.1) is 16.3 Å². The Bertz CT molecular complexity index is 1420. The molecule has 1 heterocycles. The number of nitrogens with one attached hydrogen (secondary N) is 1. The molecule has 4 rings (SSSR count). The number of benzene rings is 3. The first kappa shape index (κ1) is 21.3. The fourth-order valence-corrected chi connectivity index (χ4v) is 4.34. The van der Waals surface area contributed by atoms with Gasteiger partial charge in [-0.15, -0.1) is 4.40 Å². The molecular weight excluding hydrogens is 424 g/mol. The van der Waals surface area contributed by atoms with Crippen molar-refractivity contribution in [1.82, 2.24) is 9.36 Å². The van der Waals surface area contributed by atoms with E-state index in [1.54, 1.807) is 61.1 Å². The maximum absolute atomic E-state index is 13.3. The summed E-state index contributed by atoms with van der Waals surface area (Å²) in [6, 6.07) is 26.1. The van der Waals surface area contributed by atoms with Crippen LogP contribution < -0.4 is 10.9 Å². The predicted octanol–water partition coefficient (Wildman–Crippen LogP) is 3.73. The number of amidine groups is 1. The van der Waals surface area contributed by atoms with Crippen molar-refractivity contribution in [1.29, 1.82) is 0 Å². The first-order valence-electron chi connectivity index (χ1n) is 9.95. The summed E-state index contributed by atoms with van der Waals surface area (Å²) in [5, 5.41) is 3.01. The molecule has 0 saturated carbocycles. The monoisotopic (exact) mass is 446 g/mol. The summed E-state index contributed by atoms with van der Waals surface area (Å²) >= 11 is 0. The van der Waals surface area contributed by atoms with Gasteiger partial charge in [0.2, 0.25) is 0 Å². The predicted molar refractivity (Wildman–Crippen MR) is 126 cm³/mol. The maximum atomic E-state index is 13.3. The smallest absolute Gasteiger partial charge is 0.295 e. The fraction of sp³-hybridized carbons (Fsp3) is 0.0833. The third-order valence-corrected chi connectivity index (χ3v) is 6.39. The highest BCUT2D eigenvalue weighted by molar-refractivity contribution is 7.90. The van der Waals surface area contributed by atoms with Crippen molar-refractivity contribution in [2.75, 3.05) is 5.32 Å². The second-order valence-electron chi connectivity index (χ2n) is 7.16. The van der Waals surface area contributed by atoms with Gasteiger partial charge in [-0.2, -0.15) is 8.42 Å². The van der Waals surface area contributed by atoms with E-state index in [0.29, 0.717) is 16.9 Å². The summed E-state index contributed by atoms with van der Waals surface area (Å²) in [6.45, 7) is 1.79. The zero-order valence-corrected chi connectivity index (χ0v) is 18.5. The lowest BCUT2D eigenvalue weighted by atomic mass is 10.2. The molecule has 0 unspecified atom stereocenters. The fourth-order valence-electron chi connectivity index (χ4n) is 3.34. The lowest BCUT2D eigenvalue weighted by molar-refractivity contribution is 0.598. The van der Waals surface area contributed by atoms with Crippen LogP contribution in [0.25, 0.3) is 5.69 Å². The number of para-hydroxylation sites is 1. The highest BCUT2D eigenvalue weighted by atomic mass is 32.2. The van der Waals surface area contributed by atoms with Crippen LogP contribution in [0.15, 0.2) is 105 Å². The van der Waals surface area contributed by atoms with E-state index in [2.05, 4.69) is 9.71 Å². The molecule has 0 aliphatic heterocycles. The second kappa shape index (κ2) is 8.68. The first-order chi connectivity index (χ1) is 15.4. The SMILES string of the molecule is Cc1c(NC(=NS(=O)(=O)c2ccccc2)c2ccccc2)c(=O)n(-c2ccccc2)n1C. The standard InChI is InChI=1S/C24H22N4O3S/c1-18-22(24(29)28(27(18)2)20-14-8-4-9-15-20)25-23(19-12-6-3-7-13-19)26-32(30,31)21-16-10-5-11-17-21/h3-17H,1-2H3,(H,25,26). The number of nitrogens with zero attached hydrogens (tertiary/aromatic N) is 3. The van der Waals surface area contributed by atoms with Crippen LogP contribution in [0.4, 0.5) is 5.69 Å². The van der Waals surface area contributed by atoms with Gasteiger partial charge in [-0.1, -0.05) is 66.7 Å². The Morgan fingerprint density at radius 3 is 1.97 bits per heavy atom. The van der Waals surface area contributed by atoms with Crippen LogP contribution in [-0.2, 0) is 17.1 Å². The average Bonchev–Trinajstić information content (AvgIpc) is 3.03. The molecule has 0 amide bonds. The van der Waals surface area contributed by atoms with Gasteiger partial charge in [-0.25, -0.2) is 4.68 Å². The molecule has 8 heteroatoms. The van der Waals surface area contributed by atoms with E-state index in [0.717, 1.165) is 0 Å². The van der Waals surface area contributed by atoms with Gasteiger partial charge in [0.15, 0.2) is 5.84 Å². The van der Waals surface area contributed by atoms with E-state index in [4.69, 9.17) is 0 Å². The summed E-state index contributed by atoms with van der Waals surface area (Å²) in [5.41, 5.74) is 1.82. The number of hydrogen-bond donors (Lipinski definition) is 1. The molecule has 0 radical (unpaired) electrons.